The highest BCUT2D eigenvalue weighted by Crippen LogP contribution is 2.27. The third-order valence-corrected chi connectivity index (χ3v) is 4.76. The molecule has 0 aliphatic carbocycles. The standard InChI is InChI=1S/C22H24ClN3O3/c1-14(2)11-17-7-8-18(12-19(17)23)21-25-22(29-26-21)16-5-3-15(4-6-16)13-24-10-9-20(27)28/h3-8,12,14,24H,9-11,13H2,1-2H3,(H,27,28). The first-order valence-corrected chi connectivity index (χ1v) is 9.94. The molecular formula is C22H24ClN3O3. The van der Waals surface area contributed by atoms with E-state index in [1.54, 1.807) is 0 Å². The Bertz CT molecular complexity index is 968. The first-order valence-electron chi connectivity index (χ1n) is 9.56. The van der Waals surface area contributed by atoms with E-state index in [1.807, 2.05) is 42.5 Å². The molecule has 0 aliphatic rings. The van der Waals surface area contributed by atoms with Gasteiger partial charge in [0.1, 0.15) is 0 Å². The van der Waals surface area contributed by atoms with Crippen LogP contribution in [-0.4, -0.2) is 27.8 Å². The fourth-order valence-corrected chi connectivity index (χ4v) is 3.20. The van der Waals surface area contributed by atoms with E-state index in [0.717, 1.165) is 28.7 Å². The number of aliphatic carboxylic acids is 1. The summed E-state index contributed by atoms with van der Waals surface area (Å²) in [6.07, 6.45) is 1.03. The summed E-state index contributed by atoms with van der Waals surface area (Å²) in [6, 6.07) is 13.6. The molecule has 29 heavy (non-hydrogen) atoms. The van der Waals surface area contributed by atoms with Crippen LogP contribution in [0.1, 0.15) is 31.4 Å². The number of halogens is 1. The lowest BCUT2D eigenvalue weighted by molar-refractivity contribution is -0.136. The van der Waals surface area contributed by atoms with Gasteiger partial charge in [-0.15, -0.1) is 0 Å². The Kier molecular flexibility index (Phi) is 7.01. The van der Waals surface area contributed by atoms with Crippen molar-refractivity contribution in [2.24, 2.45) is 5.92 Å². The molecule has 1 heterocycles. The van der Waals surface area contributed by atoms with E-state index in [-0.39, 0.29) is 6.42 Å². The normalized spacial score (nSPS) is 11.2. The van der Waals surface area contributed by atoms with Crippen molar-refractivity contribution < 1.29 is 14.4 Å². The van der Waals surface area contributed by atoms with E-state index >= 15 is 0 Å². The highest BCUT2D eigenvalue weighted by molar-refractivity contribution is 6.31. The van der Waals surface area contributed by atoms with Crippen molar-refractivity contribution in [1.29, 1.82) is 0 Å². The highest BCUT2D eigenvalue weighted by Gasteiger charge is 2.13. The SMILES string of the molecule is CC(C)Cc1ccc(-c2noc(-c3ccc(CNCCC(=O)O)cc3)n2)cc1Cl. The molecule has 0 bridgehead atoms. The van der Waals surface area contributed by atoms with Gasteiger partial charge in [-0.25, -0.2) is 0 Å². The van der Waals surface area contributed by atoms with Crippen molar-refractivity contribution in [3.8, 4) is 22.8 Å². The van der Waals surface area contributed by atoms with Crippen LogP contribution in [0.2, 0.25) is 5.02 Å². The van der Waals surface area contributed by atoms with Crippen LogP contribution in [0.4, 0.5) is 0 Å². The van der Waals surface area contributed by atoms with E-state index in [0.29, 0.717) is 35.7 Å². The van der Waals surface area contributed by atoms with Crippen molar-refractivity contribution in [3.63, 3.8) is 0 Å². The average molecular weight is 414 g/mol. The molecule has 0 unspecified atom stereocenters. The highest BCUT2D eigenvalue weighted by atomic mass is 35.5. The number of nitrogens with zero attached hydrogens (tertiary/aromatic N) is 2. The second kappa shape index (κ2) is 9.67. The summed E-state index contributed by atoms with van der Waals surface area (Å²) < 4.78 is 5.42. The number of nitrogens with one attached hydrogen (secondary N) is 1. The summed E-state index contributed by atoms with van der Waals surface area (Å²) in [5, 5.41) is 16.5. The van der Waals surface area contributed by atoms with Crippen molar-refractivity contribution in [3.05, 3.63) is 58.6 Å². The molecule has 0 fully saturated rings. The lowest BCUT2D eigenvalue weighted by atomic mass is 10.0. The first kappa shape index (κ1) is 21.0. The maximum atomic E-state index is 10.5. The maximum absolute atomic E-state index is 10.5. The van der Waals surface area contributed by atoms with Gasteiger partial charge in [-0.05, 0) is 41.7 Å². The van der Waals surface area contributed by atoms with Gasteiger partial charge in [-0.2, -0.15) is 4.98 Å². The number of carboxylic acids is 1. The molecule has 152 valence electrons. The minimum absolute atomic E-state index is 0.102. The van der Waals surface area contributed by atoms with Crippen LogP contribution < -0.4 is 5.32 Å². The van der Waals surface area contributed by atoms with Gasteiger partial charge in [0, 0.05) is 29.2 Å². The van der Waals surface area contributed by atoms with Crippen molar-refractivity contribution in [2.45, 2.75) is 33.2 Å². The van der Waals surface area contributed by atoms with E-state index in [1.165, 1.54) is 0 Å². The molecule has 0 aliphatic heterocycles. The Hall–Kier alpha value is -2.70. The van der Waals surface area contributed by atoms with E-state index in [4.69, 9.17) is 21.2 Å². The van der Waals surface area contributed by atoms with Gasteiger partial charge in [-0.1, -0.05) is 54.9 Å². The lowest BCUT2D eigenvalue weighted by Gasteiger charge is -2.07. The quantitative estimate of drug-likeness (QED) is 0.489. The van der Waals surface area contributed by atoms with Crippen LogP contribution in [0, 0.1) is 5.92 Å². The minimum Gasteiger partial charge on any atom is -0.481 e. The van der Waals surface area contributed by atoms with E-state index in [2.05, 4.69) is 29.3 Å². The Labute approximate surface area is 174 Å². The number of carboxylic acid groups (broad SMARTS) is 1. The fraction of sp³-hybridized carbons (Fsp3) is 0.318. The van der Waals surface area contributed by atoms with Crippen molar-refractivity contribution in [2.75, 3.05) is 6.54 Å². The van der Waals surface area contributed by atoms with Gasteiger partial charge < -0.3 is 14.9 Å². The van der Waals surface area contributed by atoms with Gasteiger partial charge in [0.15, 0.2) is 0 Å². The maximum Gasteiger partial charge on any atom is 0.304 e. The Balaban J connectivity index is 1.66. The number of aromatic nitrogens is 2. The van der Waals surface area contributed by atoms with Gasteiger partial charge in [0.05, 0.1) is 6.42 Å². The van der Waals surface area contributed by atoms with Crippen LogP contribution in [0.3, 0.4) is 0 Å². The van der Waals surface area contributed by atoms with Crippen LogP contribution in [0.25, 0.3) is 22.8 Å². The zero-order valence-electron chi connectivity index (χ0n) is 16.5. The molecule has 0 atom stereocenters. The zero-order valence-corrected chi connectivity index (χ0v) is 17.2. The van der Waals surface area contributed by atoms with E-state index < -0.39 is 5.97 Å². The summed E-state index contributed by atoms with van der Waals surface area (Å²) >= 11 is 6.41. The third kappa shape index (κ3) is 5.89. The smallest absolute Gasteiger partial charge is 0.304 e. The molecule has 0 amide bonds. The Morgan fingerprint density at radius 2 is 1.90 bits per heavy atom. The predicted molar refractivity (Wildman–Crippen MR) is 113 cm³/mol. The zero-order chi connectivity index (χ0) is 20.8. The predicted octanol–water partition coefficient (Wildman–Crippen LogP) is 4.82. The lowest BCUT2D eigenvalue weighted by Crippen LogP contribution is -2.17. The molecule has 2 aromatic carbocycles. The second-order valence-corrected chi connectivity index (χ2v) is 7.75. The molecule has 0 radical (unpaired) electrons. The largest absolute Gasteiger partial charge is 0.481 e. The van der Waals surface area contributed by atoms with E-state index in [9.17, 15) is 4.79 Å². The number of carbonyl (C=O) groups is 1. The van der Waals surface area contributed by atoms with Gasteiger partial charge in [0.25, 0.3) is 5.89 Å². The summed E-state index contributed by atoms with van der Waals surface area (Å²) in [5.41, 5.74) is 3.80. The minimum atomic E-state index is -0.809. The molecule has 0 saturated carbocycles. The van der Waals surface area contributed by atoms with Gasteiger partial charge in [0.2, 0.25) is 5.82 Å². The molecule has 0 saturated heterocycles. The second-order valence-electron chi connectivity index (χ2n) is 7.34. The summed E-state index contributed by atoms with van der Waals surface area (Å²) in [4.78, 5) is 15.0. The summed E-state index contributed by atoms with van der Waals surface area (Å²) in [6.45, 7) is 5.35. The first-order chi connectivity index (χ1) is 13.9. The van der Waals surface area contributed by atoms with Crippen LogP contribution >= 0.6 is 11.6 Å². The molecule has 2 N–H and O–H groups in total. The third-order valence-electron chi connectivity index (χ3n) is 4.41. The molecule has 3 rings (SSSR count). The van der Waals surface area contributed by atoms with Crippen LogP contribution in [0.15, 0.2) is 47.0 Å². The Morgan fingerprint density at radius 3 is 2.55 bits per heavy atom. The molecular weight excluding hydrogens is 390 g/mol. The molecule has 1 aromatic heterocycles. The van der Waals surface area contributed by atoms with Crippen molar-refractivity contribution >= 4 is 17.6 Å². The monoisotopic (exact) mass is 413 g/mol. The number of rotatable bonds is 9. The van der Waals surface area contributed by atoms with Gasteiger partial charge in [-0.3, -0.25) is 4.79 Å². The average Bonchev–Trinajstić information content (AvgIpc) is 3.17. The van der Waals surface area contributed by atoms with Crippen LogP contribution in [0.5, 0.6) is 0 Å². The molecule has 0 spiro atoms. The van der Waals surface area contributed by atoms with Crippen LogP contribution in [-0.2, 0) is 17.8 Å². The number of benzene rings is 2. The number of hydrogen-bond acceptors (Lipinski definition) is 5. The Morgan fingerprint density at radius 1 is 1.17 bits per heavy atom. The molecule has 7 heteroatoms. The summed E-state index contributed by atoms with van der Waals surface area (Å²) in [5.74, 6) is 0.659. The molecule has 3 aromatic rings. The van der Waals surface area contributed by atoms with Gasteiger partial charge >= 0.3 is 5.97 Å². The molecule has 6 nitrogen and oxygen atoms in total. The topological polar surface area (TPSA) is 88.2 Å². The summed E-state index contributed by atoms with van der Waals surface area (Å²) in [7, 11) is 0. The van der Waals surface area contributed by atoms with Crippen molar-refractivity contribution in [1.82, 2.24) is 15.5 Å². The fourth-order valence-electron chi connectivity index (χ4n) is 2.94. The number of hydrogen-bond donors (Lipinski definition) is 2.